The quantitative estimate of drug-likeness (QED) is 0.223. The van der Waals surface area contributed by atoms with E-state index in [4.69, 9.17) is 33.7 Å². The molecule has 0 unspecified atom stereocenters. The molecule has 1 amide bonds. The lowest BCUT2D eigenvalue weighted by Crippen LogP contribution is -2.28. The lowest BCUT2D eigenvalue weighted by atomic mass is 10.0. The molecule has 2 aromatic carbocycles. The fourth-order valence-corrected chi connectivity index (χ4v) is 6.37. The zero-order chi connectivity index (χ0) is 32.1. The van der Waals surface area contributed by atoms with E-state index in [1.54, 1.807) is 0 Å². The summed E-state index contributed by atoms with van der Waals surface area (Å²) in [5.74, 6) is 1.15. The number of nitrogens with zero attached hydrogens (tertiary/aromatic N) is 1. The normalized spacial score (nSPS) is 14.1. The number of carbonyl (C=O) groups is 2. The second kappa shape index (κ2) is 18.2. The number of hydrogen-bond donors (Lipinski definition) is 3. The highest BCUT2D eigenvalue weighted by atomic mass is 35.5. The van der Waals surface area contributed by atoms with Crippen molar-refractivity contribution in [1.82, 2.24) is 15.2 Å². The summed E-state index contributed by atoms with van der Waals surface area (Å²) >= 11 is 14.2. The van der Waals surface area contributed by atoms with Crippen molar-refractivity contribution in [3.8, 4) is 0 Å². The molecule has 2 fully saturated rings. The summed E-state index contributed by atoms with van der Waals surface area (Å²) in [5.41, 5.74) is 12.5. The zero-order valence-electron chi connectivity index (χ0n) is 26.3. The standard InChI is InChI=1S/C26H27Cl2N3OS.C5H11N.C2H6.CH2O/c1-15(13-23-16(2)24(17(3)30-23)26(32)31-11-4-5-12-31)19-14-18(9-10-22(19)29)33-25-20(27)7-6-8-21(25)28;1-6-4-5-2-3-5;2*1-2/h6-10,13-14,30H,4-5,11-12,29H2,1-3H3;5-6H,2-4H2,1H3;1-2H3;1H2/b15-13+;;;. The number of benzene rings is 2. The van der Waals surface area contributed by atoms with Crippen molar-refractivity contribution in [2.75, 3.05) is 32.4 Å². The van der Waals surface area contributed by atoms with Gasteiger partial charge in [-0.2, -0.15) is 0 Å². The van der Waals surface area contributed by atoms with Crippen LogP contribution in [0.1, 0.15) is 79.3 Å². The van der Waals surface area contributed by atoms with Crippen LogP contribution in [-0.2, 0) is 4.79 Å². The fourth-order valence-electron chi connectivity index (χ4n) is 4.86. The van der Waals surface area contributed by atoms with Crippen molar-refractivity contribution in [2.24, 2.45) is 5.92 Å². The van der Waals surface area contributed by atoms with E-state index in [-0.39, 0.29) is 5.91 Å². The second-order valence-electron chi connectivity index (χ2n) is 10.4. The average Bonchev–Trinajstić information content (AvgIpc) is 3.56. The molecule has 43 heavy (non-hydrogen) atoms. The Kier molecular flexibility index (Phi) is 15.4. The molecule has 0 radical (unpaired) electrons. The van der Waals surface area contributed by atoms with Gasteiger partial charge in [0.05, 0.1) is 15.6 Å². The Balaban J connectivity index is 0.000000559. The van der Waals surface area contributed by atoms with Gasteiger partial charge in [-0.25, -0.2) is 0 Å². The molecular formula is C34H46Cl2N4O2S. The third kappa shape index (κ3) is 10.2. The fraction of sp³-hybridized carbons (Fsp3) is 0.412. The van der Waals surface area contributed by atoms with Crippen molar-refractivity contribution >= 4 is 65.0 Å². The number of aromatic nitrogens is 1. The van der Waals surface area contributed by atoms with E-state index in [9.17, 15) is 4.79 Å². The molecule has 4 N–H and O–H groups in total. The smallest absolute Gasteiger partial charge is 0.255 e. The van der Waals surface area contributed by atoms with Crippen molar-refractivity contribution in [3.05, 3.63) is 74.5 Å². The Morgan fingerprint density at radius 3 is 2.26 bits per heavy atom. The number of hydrogen-bond acceptors (Lipinski definition) is 5. The molecule has 2 aliphatic rings. The van der Waals surface area contributed by atoms with Crippen LogP contribution >= 0.6 is 35.0 Å². The minimum atomic E-state index is 0.116. The number of nitrogens with two attached hydrogens (primary N) is 1. The Bertz CT molecular complexity index is 1360. The first kappa shape index (κ1) is 36.5. The molecular weight excluding hydrogens is 599 g/mol. The number of rotatable bonds is 7. The summed E-state index contributed by atoms with van der Waals surface area (Å²) in [7, 11) is 2.01. The molecule has 2 heterocycles. The summed E-state index contributed by atoms with van der Waals surface area (Å²) < 4.78 is 0. The number of aromatic amines is 1. The van der Waals surface area contributed by atoms with Crippen LogP contribution in [0.5, 0.6) is 0 Å². The number of aryl methyl sites for hydroxylation is 1. The summed E-state index contributed by atoms with van der Waals surface area (Å²) in [5, 5.41) is 4.36. The average molecular weight is 646 g/mol. The maximum Gasteiger partial charge on any atom is 0.255 e. The lowest BCUT2D eigenvalue weighted by molar-refractivity contribution is -0.0980. The molecule has 1 saturated carbocycles. The topological polar surface area (TPSA) is 91.2 Å². The van der Waals surface area contributed by atoms with Gasteiger partial charge in [-0.15, -0.1) is 0 Å². The molecule has 0 bridgehead atoms. The van der Waals surface area contributed by atoms with Crippen molar-refractivity contribution in [2.45, 2.75) is 70.1 Å². The van der Waals surface area contributed by atoms with Crippen LogP contribution in [0.3, 0.4) is 0 Å². The number of likely N-dealkylation sites (tertiary alicyclic amines) is 1. The molecule has 5 rings (SSSR count). The highest BCUT2D eigenvalue weighted by molar-refractivity contribution is 7.99. The summed E-state index contributed by atoms with van der Waals surface area (Å²) in [6, 6.07) is 11.4. The predicted molar refractivity (Wildman–Crippen MR) is 186 cm³/mol. The van der Waals surface area contributed by atoms with E-state index in [2.05, 4.69) is 16.4 Å². The SMILES string of the molecule is C/C(=C\c1[nH]c(C)c(C(=O)N2CCCC2)c1C)c1cc(Sc2c(Cl)cccc2Cl)ccc1N.C=O.CC.CNCC1CC1. The number of allylic oxidation sites excluding steroid dienone is 1. The van der Waals surface area contributed by atoms with Crippen molar-refractivity contribution < 1.29 is 9.59 Å². The first-order valence-corrected chi connectivity index (χ1v) is 16.4. The second-order valence-corrected chi connectivity index (χ2v) is 12.3. The van der Waals surface area contributed by atoms with Gasteiger partial charge in [0, 0.05) is 45.5 Å². The summed E-state index contributed by atoms with van der Waals surface area (Å²) in [6.07, 6.45) is 7.13. The lowest BCUT2D eigenvalue weighted by Gasteiger charge is -2.15. The van der Waals surface area contributed by atoms with E-state index in [1.165, 1.54) is 31.1 Å². The molecule has 234 valence electrons. The number of amides is 1. The van der Waals surface area contributed by atoms with Crippen LogP contribution < -0.4 is 11.1 Å². The van der Waals surface area contributed by atoms with Gasteiger partial charge in [-0.1, -0.05) is 54.9 Å². The molecule has 9 heteroatoms. The van der Waals surface area contributed by atoms with E-state index in [1.807, 2.05) is 89.8 Å². The predicted octanol–water partition coefficient (Wildman–Crippen LogP) is 8.93. The Morgan fingerprint density at radius 1 is 1.12 bits per heavy atom. The summed E-state index contributed by atoms with van der Waals surface area (Å²) in [4.78, 5) is 28.2. The molecule has 1 aliphatic heterocycles. The van der Waals surface area contributed by atoms with Crippen LogP contribution in [-0.4, -0.2) is 49.3 Å². The van der Waals surface area contributed by atoms with Crippen LogP contribution in [0.25, 0.3) is 11.6 Å². The molecule has 3 aromatic rings. The number of nitrogen functional groups attached to an aromatic ring is 1. The minimum Gasteiger partial charge on any atom is -0.398 e. The Morgan fingerprint density at radius 2 is 1.72 bits per heavy atom. The van der Waals surface area contributed by atoms with Gasteiger partial charge in [0.1, 0.15) is 6.79 Å². The third-order valence-corrected chi connectivity index (χ3v) is 9.21. The van der Waals surface area contributed by atoms with Gasteiger partial charge in [0.25, 0.3) is 5.91 Å². The first-order valence-electron chi connectivity index (χ1n) is 14.8. The van der Waals surface area contributed by atoms with Gasteiger partial charge in [0.2, 0.25) is 0 Å². The minimum absolute atomic E-state index is 0.116. The monoisotopic (exact) mass is 644 g/mol. The van der Waals surface area contributed by atoms with E-state index in [0.29, 0.717) is 15.7 Å². The number of anilines is 1. The highest BCUT2D eigenvalue weighted by Gasteiger charge is 2.25. The molecule has 1 saturated heterocycles. The Hall–Kier alpha value is -2.71. The van der Waals surface area contributed by atoms with Crippen LogP contribution in [0, 0.1) is 19.8 Å². The first-order chi connectivity index (χ1) is 20.7. The molecule has 6 nitrogen and oxygen atoms in total. The maximum atomic E-state index is 13.0. The molecule has 0 atom stereocenters. The largest absolute Gasteiger partial charge is 0.398 e. The Labute approximate surface area is 271 Å². The van der Waals surface area contributed by atoms with E-state index >= 15 is 0 Å². The van der Waals surface area contributed by atoms with Crippen LogP contribution in [0.4, 0.5) is 5.69 Å². The maximum absolute atomic E-state index is 13.0. The molecule has 0 spiro atoms. The van der Waals surface area contributed by atoms with Crippen LogP contribution in [0.15, 0.2) is 46.2 Å². The molecule has 1 aliphatic carbocycles. The van der Waals surface area contributed by atoms with Crippen molar-refractivity contribution in [1.29, 1.82) is 0 Å². The van der Waals surface area contributed by atoms with Crippen molar-refractivity contribution in [3.63, 3.8) is 0 Å². The van der Waals surface area contributed by atoms with E-state index in [0.717, 1.165) is 75.3 Å². The van der Waals surface area contributed by atoms with Gasteiger partial charge >= 0.3 is 0 Å². The molecule has 1 aromatic heterocycles. The van der Waals surface area contributed by atoms with E-state index < -0.39 is 0 Å². The number of H-pyrrole nitrogens is 1. The number of carbonyl (C=O) groups excluding carboxylic acids is 2. The highest BCUT2D eigenvalue weighted by Crippen LogP contribution is 2.40. The van der Waals surface area contributed by atoms with Gasteiger partial charge in [-0.3, -0.25) is 4.79 Å². The number of halogens is 2. The third-order valence-electron chi connectivity index (χ3n) is 7.22. The summed E-state index contributed by atoms with van der Waals surface area (Å²) in [6.45, 7) is 14.9. The van der Waals surface area contributed by atoms with Gasteiger partial charge < -0.3 is 25.7 Å². The van der Waals surface area contributed by atoms with Gasteiger partial charge in [0.15, 0.2) is 0 Å². The zero-order valence-corrected chi connectivity index (χ0v) is 28.6. The van der Waals surface area contributed by atoms with Gasteiger partial charge in [-0.05, 0) is 114 Å². The number of nitrogens with one attached hydrogen (secondary N) is 2. The van der Waals surface area contributed by atoms with Crippen LogP contribution in [0.2, 0.25) is 10.0 Å².